The summed E-state index contributed by atoms with van der Waals surface area (Å²) in [4.78, 5) is 0. The number of fused-ring (bicyclic) bond motifs is 1. The Hall–Kier alpha value is -1.42. The van der Waals surface area contributed by atoms with Gasteiger partial charge in [-0.1, -0.05) is 25.8 Å². The molecule has 0 spiro atoms. The molecule has 0 radical (unpaired) electrons. The molecule has 2 aromatic rings. The molecule has 0 amide bonds. The van der Waals surface area contributed by atoms with Gasteiger partial charge in [-0.2, -0.15) is 0 Å². The van der Waals surface area contributed by atoms with Crippen LogP contribution in [0.15, 0.2) is 24.4 Å². The van der Waals surface area contributed by atoms with E-state index in [1.54, 1.807) is 0 Å². The van der Waals surface area contributed by atoms with Crippen molar-refractivity contribution in [1.29, 1.82) is 0 Å². The van der Waals surface area contributed by atoms with Crippen LogP contribution in [0.1, 0.15) is 38.9 Å². The first-order chi connectivity index (χ1) is 8.81. The van der Waals surface area contributed by atoms with Gasteiger partial charge >= 0.3 is 0 Å². The molecule has 0 fully saturated rings. The zero-order valence-corrected chi connectivity index (χ0v) is 11.3. The maximum atomic E-state index is 4.23. The Bertz CT molecular complexity index is 477. The van der Waals surface area contributed by atoms with E-state index >= 15 is 0 Å². The van der Waals surface area contributed by atoms with Crippen LogP contribution >= 0.6 is 0 Å². The van der Waals surface area contributed by atoms with E-state index in [4.69, 9.17) is 0 Å². The average molecular weight is 246 g/mol. The van der Waals surface area contributed by atoms with Crippen molar-refractivity contribution >= 4 is 5.65 Å². The summed E-state index contributed by atoms with van der Waals surface area (Å²) < 4.78 is 2.05. The van der Waals surface area contributed by atoms with Crippen molar-refractivity contribution in [2.45, 2.75) is 45.6 Å². The minimum absolute atomic E-state index is 0.587. The Morgan fingerprint density at radius 2 is 2.22 bits per heavy atom. The molecular weight excluding hydrogens is 224 g/mol. The highest BCUT2D eigenvalue weighted by molar-refractivity contribution is 5.36. The van der Waals surface area contributed by atoms with Crippen molar-refractivity contribution in [1.82, 2.24) is 19.9 Å². The molecule has 0 aromatic carbocycles. The van der Waals surface area contributed by atoms with Gasteiger partial charge in [-0.25, -0.2) is 0 Å². The van der Waals surface area contributed by atoms with E-state index in [0.717, 1.165) is 24.4 Å². The van der Waals surface area contributed by atoms with Crippen LogP contribution in [-0.4, -0.2) is 27.2 Å². The zero-order valence-electron chi connectivity index (χ0n) is 11.3. The van der Waals surface area contributed by atoms with E-state index < -0.39 is 0 Å². The van der Waals surface area contributed by atoms with Crippen molar-refractivity contribution < 1.29 is 0 Å². The summed E-state index contributed by atoms with van der Waals surface area (Å²) in [5.74, 6) is 1.03. The molecule has 2 aromatic heterocycles. The second-order valence-corrected chi connectivity index (χ2v) is 4.79. The number of nitrogens with zero attached hydrogens (tertiary/aromatic N) is 3. The predicted octanol–water partition coefficient (Wildman–Crippen LogP) is 2.44. The monoisotopic (exact) mass is 246 g/mol. The van der Waals surface area contributed by atoms with Gasteiger partial charge in [-0.05, 0) is 25.5 Å². The zero-order chi connectivity index (χ0) is 12.8. The Balaban J connectivity index is 1.83. The summed E-state index contributed by atoms with van der Waals surface area (Å²) in [7, 11) is 0. The molecule has 0 aliphatic heterocycles. The maximum absolute atomic E-state index is 4.23. The number of unbranched alkanes of at least 4 members (excludes halogenated alkanes) is 1. The van der Waals surface area contributed by atoms with E-state index in [1.165, 1.54) is 19.3 Å². The number of rotatable bonds is 7. The minimum atomic E-state index is 0.587. The van der Waals surface area contributed by atoms with Crippen molar-refractivity contribution in [2.75, 3.05) is 6.54 Å². The van der Waals surface area contributed by atoms with Crippen LogP contribution in [0.3, 0.4) is 0 Å². The first kappa shape index (κ1) is 13.0. The smallest absolute Gasteiger partial charge is 0.160 e. The van der Waals surface area contributed by atoms with Crippen LogP contribution in [0.5, 0.6) is 0 Å². The molecule has 1 N–H and O–H groups in total. The molecule has 0 aliphatic rings. The molecule has 2 rings (SSSR count). The van der Waals surface area contributed by atoms with Gasteiger partial charge in [0, 0.05) is 25.2 Å². The molecule has 2 heterocycles. The highest BCUT2D eigenvalue weighted by Crippen LogP contribution is 2.04. The molecular formula is C14H22N4. The molecule has 0 saturated carbocycles. The second-order valence-electron chi connectivity index (χ2n) is 4.79. The van der Waals surface area contributed by atoms with Gasteiger partial charge in [-0.3, -0.25) is 4.40 Å². The fourth-order valence-corrected chi connectivity index (χ4v) is 2.10. The number of hydrogen-bond donors (Lipinski definition) is 1. The summed E-state index contributed by atoms with van der Waals surface area (Å²) in [6, 6.07) is 6.56. The van der Waals surface area contributed by atoms with Crippen molar-refractivity contribution in [3.05, 3.63) is 30.2 Å². The molecule has 1 unspecified atom stereocenters. The van der Waals surface area contributed by atoms with E-state index in [2.05, 4.69) is 33.8 Å². The lowest BCUT2D eigenvalue weighted by molar-refractivity contribution is 0.495. The van der Waals surface area contributed by atoms with Crippen molar-refractivity contribution in [3.8, 4) is 0 Å². The van der Waals surface area contributed by atoms with Gasteiger partial charge in [0.2, 0.25) is 0 Å². The highest BCUT2D eigenvalue weighted by atomic mass is 15.2. The molecule has 0 aliphatic carbocycles. The molecule has 4 heteroatoms. The minimum Gasteiger partial charge on any atom is -0.314 e. The topological polar surface area (TPSA) is 42.2 Å². The van der Waals surface area contributed by atoms with Crippen molar-refractivity contribution in [3.63, 3.8) is 0 Å². The van der Waals surface area contributed by atoms with Gasteiger partial charge < -0.3 is 5.32 Å². The molecule has 98 valence electrons. The number of aromatic nitrogens is 3. The second kappa shape index (κ2) is 6.50. The van der Waals surface area contributed by atoms with Gasteiger partial charge in [0.25, 0.3) is 0 Å². The molecule has 4 nitrogen and oxygen atoms in total. The maximum Gasteiger partial charge on any atom is 0.160 e. The molecule has 18 heavy (non-hydrogen) atoms. The first-order valence-electron chi connectivity index (χ1n) is 6.83. The third-order valence-corrected chi connectivity index (χ3v) is 3.22. The third-order valence-electron chi connectivity index (χ3n) is 3.22. The standard InChI is InChI=1S/C14H22N4/c1-3-4-7-12(2)15-10-9-14-17-16-13-8-5-6-11-18(13)14/h5-6,8,11-12,15H,3-4,7,9-10H2,1-2H3. The van der Waals surface area contributed by atoms with Gasteiger partial charge in [0.05, 0.1) is 0 Å². The first-order valence-corrected chi connectivity index (χ1v) is 6.83. The predicted molar refractivity (Wildman–Crippen MR) is 73.7 cm³/mol. The fraction of sp³-hybridized carbons (Fsp3) is 0.571. The van der Waals surface area contributed by atoms with Gasteiger partial charge in [0.1, 0.15) is 5.82 Å². The quantitative estimate of drug-likeness (QED) is 0.816. The summed E-state index contributed by atoms with van der Waals surface area (Å²) in [5, 5.41) is 11.9. The molecule has 1 atom stereocenters. The average Bonchev–Trinajstić information content (AvgIpc) is 2.80. The van der Waals surface area contributed by atoms with E-state index in [1.807, 2.05) is 24.4 Å². The number of hydrogen-bond acceptors (Lipinski definition) is 3. The van der Waals surface area contributed by atoms with Crippen LogP contribution in [0.25, 0.3) is 5.65 Å². The van der Waals surface area contributed by atoms with E-state index in [9.17, 15) is 0 Å². The Morgan fingerprint density at radius 1 is 1.33 bits per heavy atom. The lowest BCUT2D eigenvalue weighted by Crippen LogP contribution is -2.28. The number of nitrogens with one attached hydrogen (secondary N) is 1. The van der Waals surface area contributed by atoms with Gasteiger partial charge in [-0.15, -0.1) is 10.2 Å². The SMILES string of the molecule is CCCCC(C)NCCc1nnc2ccccn12. The third kappa shape index (κ3) is 3.29. The Morgan fingerprint density at radius 3 is 3.06 bits per heavy atom. The van der Waals surface area contributed by atoms with Gasteiger partial charge in [0.15, 0.2) is 5.65 Å². The summed E-state index contributed by atoms with van der Waals surface area (Å²) in [5.41, 5.74) is 0.923. The normalized spacial score (nSPS) is 13.0. The summed E-state index contributed by atoms with van der Waals surface area (Å²) >= 11 is 0. The lowest BCUT2D eigenvalue weighted by Gasteiger charge is -2.12. The summed E-state index contributed by atoms with van der Waals surface area (Å²) in [6.45, 7) is 5.44. The Labute approximate surface area is 108 Å². The Kier molecular flexibility index (Phi) is 4.70. The van der Waals surface area contributed by atoms with Crippen molar-refractivity contribution in [2.24, 2.45) is 0 Å². The van der Waals surface area contributed by atoms with Crippen LogP contribution in [0.2, 0.25) is 0 Å². The largest absolute Gasteiger partial charge is 0.314 e. The highest BCUT2D eigenvalue weighted by Gasteiger charge is 2.05. The number of pyridine rings is 1. The molecule has 0 bridgehead atoms. The van der Waals surface area contributed by atoms with E-state index in [-0.39, 0.29) is 0 Å². The van der Waals surface area contributed by atoms with Crippen LogP contribution in [0, 0.1) is 0 Å². The van der Waals surface area contributed by atoms with Crippen LogP contribution in [0.4, 0.5) is 0 Å². The van der Waals surface area contributed by atoms with E-state index in [0.29, 0.717) is 6.04 Å². The molecule has 0 saturated heterocycles. The summed E-state index contributed by atoms with van der Waals surface area (Å²) in [6.07, 6.45) is 6.74. The van der Waals surface area contributed by atoms with Crippen LogP contribution < -0.4 is 5.32 Å². The van der Waals surface area contributed by atoms with Crippen LogP contribution in [-0.2, 0) is 6.42 Å². The fourth-order valence-electron chi connectivity index (χ4n) is 2.10. The lowest BCUT2D eigenvalue weighted by atomic mass is 10.1.